The third-order valence-electron chi connectivity index (χ3n) is 3.69. The maximum atomic E-state index is 12.2. The molecule has 0 unspecified atom stereocenters. The number of nitrogens with zero attached hydrogens (tertiary/aromatic N) is 1. The maximum absolute atomic E-state index is 12.2. The van der Waals surface area contributed by atoms with Gasteiger partial charge in [-0.3, -0.25) is 4.79 Å². The van der Waals surface area contributed by atoms with E-state index in [1.165, 1.54) is 0 Å². The minimum atomic E-state index is -0.271. The number of nitrogens with one attached hydrogen (secondary N) is 1. The number of benzene rings is 2. The molecule has 0 saturated carbocycles. The fraction of sp³-hybridized carbons (Fsp3) is 0.0476. The summed E-state index contributed by atoms with van der Waals surface area (Å²) in [5.74, 6) is 3.86. The molecule has 1 aromatic heterocycles. The van der Waals surface area contributed by atoms with Gasteiger partial charge in [-0.05, 0) is 54.1 Å². The Morgan fingerprint density at radius 3 is 2.65 bits per heavy atom. The number of ether oxygens (including phenoxy) is 1. The van der Waals surface area contributed by atoms with Crippen LogP contribution < -0.4 is 15.8 Å². The average molecular weight is 343 g/mol. The van der Waals surface area contributed by atoms with Gasteiger partial charge in [0.2, 0.25) is 0 Å². The van der Waals surface area contributed by atoms with Crippen LogP contribution in [-0.4, -0.2) is 10.9 Å². The number of hydrogen-bond acceptors (Lipinski definition) is 4. The number of hydrogen-bond donors (Lipinski definition) is 2. The minimum Gasteiger partial charge on any atom is -0.457 e. The number of anilines is 1. The van der Waals surface area contributed by atoms with Crippen molar-refractivity contribution in [3.8, 4) is 23.8 Å². The van der Waals surface area contributed by atoms with Crippen molar-refractivity contribution in [2.75, 3.05) is 5.73 Å². The lowest BCUT2D eigenvalue weighted by Crippen LogP contribution is -2.24. The van der Waals surface area contributed by atoms with Gasteiger partial charge < -0.3 is 15.8 Å². The number of carbonyl (C=O) groups excluding carboxylic acids is 1. The van der Waals surface area contributed by atoms with Crippen LogP contribution in [-0.2, 0) is 6.54 Å². The van der Waals surface area contributed by atoms with E-state index in [1.807, 2.05) is 48.5 Å². The maximum Gasteiger partial charge on any atom is 0.255 e. The first-order valence-corrected chi connectivity index (χ1v) is 7.98. The monoisotopic (exact) mass is 343 g/mol. The molecule has 0 radical (unpaired) electrons. The van der Waals surface area contributed by atoms with Crippen LogP contribution in [0, 0.1) is 12.3 Å². The van der Waals surface area contributed by atoms with Gasteiger partial charge in [-0.15, -0.1) is 6.42 Å². The molecule has 0 saturated heterocycles. The molecular formula is C21H17N3O2. The van der Waals surface area contributed by atoms with E-state index >= 15 is 0 Å². The predicted octanol–water partition coefficient (Wildman–Crippen LogP) is 3.37. The average Bonchev–Trinajstić information content (AvgIpc) is 2.67. The zero-order valence-electron chi connectivity index (χ0n) is 14.0. The van der Waals surface area contributed by atoms with Gasteiger partial charge in [-0.1, -0.05) is 18.1 Å². The lowest BCUT2D eigenvalue weighted by molar-refractivity contribution is 0.0951. The number of nitrogen functional groups attached to an aromatic ring is 1. The highest BCUT2D eigenvalue weighted by Gasteiger charge is 2.09. The molecule has 3 aromatic rings. The lowest BCUT2D eigenvalue weighted by Gasteiger charge is -2.09. The fourth-order valence-corrected chi connectivity index (χ4v) is 2.36. The summed E-state index contributed by atoms with van der Waals surface area (Å²) in [5.41, 5.74) is 7.77. The third kappa shape index (κ3) is 4.19. The van der Waals surface area contributed by atoms with Crippen LogP contribution in [0.5, 0.6) is 11.5 Å². The molecule has 3 N–H and O–H groups in total. The Labute approximate surface area is 151 Å². The number of nitrogens with two attached hydrogens (primary N) is 1. The standard InChI is InChI=1S/C21H17N3O2/c1-2-15-8-10-17(11-9-15)26-18-6-3-5-16(13-18)14-24-21(25)19-7-4-12-23-20(19)22/h1,3-13H,14H2,(H2,22,23)(H,24,25). The van der Waals surface area contributed by atoms with Crippen molar-refractivity contribution in [1.29, 1.82) is 0 Å². The third-order valence-corrected chi connectivity index (χ3v) is 3.69. The molecule has 0 atom stereocenters. The van der Waals surface area contributed by atoms with E-state index in [9.17, 15) is 4.79 Å². The Kier molecular flexibility index (Phi) is 5.16. The van der Waals surface area contributed by atoms with Crippen molar-refractivity contribution >= 4 is 11.7 Å². The summed E-state index contributed by atoms with van der Waals surface area (Å²) in [5, 5.41) is 2.83. The Bertz CT molecular complexity index is 959. The van der Waals surface area contributed by atoms with Crippen LogP contribution in [0.15, 0.2) is 66.9 Å². The smallest absolute Gasteiger partial charge is 0.255 e. The summed E-state index contributed by atoms with van der Waals surface area (Å²) in [6, 6.07) is 18.1. The highest BCUT2D eigenvalue weighted by molar-refractivity contribution is 5.98. The molecule has 0 bridgehead atoms. The van der Waals surface area contributed by atoms with Crippen molar-refractivity contribution < 1.29 is 9.53 Å². The van der Waals surface area contributed by atoms with E-state index < -0.39 is 0 Å². The first kappa shape index (κ1) is 17.1. The normalized spacial score (nSPS) is 9.96. The number of carbonyl (C=O) groups is 1. The molecule has 2 aromatic carbocycles. The first-order valence-electron chi connectivity index (χ1n) is 7.98. The van der Waals surface area contributed by atoms with Crippen LogP contribution in [0.4, 0.5) is 5.82 Å². The molecule has 0 spiro atoms. The van der Waals surface area contributed by atoms with Gasteiger partial charge in [0.05, 0.1) is 5.56 Å². The second-order valence-electron chi connectivity index (χ2n) is 5.54. The quantitative estimate of drug-likeness (QED) is 0.696. The second-order valence-corrected chi connectivity index (χ2v) is 5.54. The summed E-state index contributed by atoms with van der Waals surface area (Å²) >= 11 is 0. The van der Waals surface area contributed by atoms with Gasteiger partial charge in [0.25, 0.3) is 5.91 Å². The van der Waals surface area contributed by atoms with Gasteiger partial charge in [0.1, 0.15) is 17.3 Å². The van der Waals surface area contributed by atoms with Crippen LogP contribution in [0.2, 0.25) is 0 Å². The van der Waals surface area contributed by atoms with E-state index in [1.54, 1.807) is 18.3 Å². The number of aromatic nitrogens is 1. The largest absolute Gasteiger partial charge is 0.457 e. The van der Waals surface area contributed by atoms with Crippen LogP contribution in [0.1, 0.15) is 21.5 Å². The first-order chi connectivity index (χ1) is 12.7. The molecular weight excluding hydrogens is 326 g/mol. The van der Waals surface area contributed by atoms with Crippen molar-refractivity contribution in [2.45, 2.75) is 6.54 Å². The molecule has 0 aliphatic heterocycles. The van der Waals surface area contributed by atoms with E-state index in [2.05, 4.69) is 16.2 Å². The van der Waals surface area contributed by atoms with Crippen molar-refractivity contribution in [3.63, 3.8) is 0 Å². The Balaban J connectivity index is 1.64. The van der Waals surface area contributed by atoms with Crippen LogP contribution in [0.25, 0.3) is 0 Å². The summed E-state index contributed by atoms with van der Waals surface area (Å²) in [6.45, 7) is 0.348. The molecule has 1 amide bonds. The molecule has 3 rings (SSSR count). The summed E-state index contributed by atoms with van der Waals surface area (Å²) in [6.07, 6.45) is 6.89. The van der Waals surface area contributed by atoms with Gasteiger partial charge in [-0.25, -0.2) is 4.98 Å². The van der Waals surface area contributed by atoms with Crippen molar-refractivity contribution in [3.05, 3.63) is 83.6 Å². The number of rotatable bonds is 5. The van der Waals surface area contributed by atoms with Crippen molar-refractivity contribution in [1.82, 2.24) is 10.3 Å². The van der Waals surface area contributed by atoms with E-state index in [-0.39, 0.29) is 11.7 Å². The Morgan fingerprint density at radius 2 is 1.92 bits per heavy atom. The Morgan fingerprint density at radius 1 is 1.12 bits per heavy atom. The van der Waals surface area contributed by atoms with Crippen molar-refractivity contribution in [2.24, 2.45) is 0 Å². The minimum absolute atomic E-state index is 0.206. The van der Waals surface area contributed by atoms with Gasteiger partial charge in [-0.2, -0.15) is 0 Å². The molecule has 26 heavy (non-hydrogen) atoms. The van der Waals surface area contributed by atoms with E-state index in [4.69, 9.17) is 16.9 Å². The van der Waals surface area contributed by atoms with E-state index in [0.717, 1.165) is 11.1 Å². The lowest BCUT2D eigenvalue weighted by atomic mass is 10.2. The van der Waals surface area contributed by atoms with E-state index in [0.29, 0.717) is 23.6 Å². The molecule has 0 aliphatic carbocycles. The number of pyridine rings is 1. The molecule has 128 valence electrons. The predicted molar refractivity (Wildman–Crippen MR) is 101 cm³/mol. The zero-order chi connectivity index (χ0) is 18.4. The topological polar surface area (TPSA) is 77.2 Å². The zero-order valence-corrected chi connectivity index (χ0v) is 14.0. The second kappa shape index (κ2) is 7.86. The summed E-state index contributed by atoms with van der Waals surface area (Å²) in [4.78, 5) is 16.1. The Hall–Kier alpha value is -3.78. The molecule has 0 aliphatic rings. The molecule has 1 heterocycles. The highest BCUT2D eigenvalue weighted by atomic mass is 16.5. The number of terminal acetylenes is 1. The summed E-state index contributed by atoms with van der Waals surface area (Å²) in [7, 11) is 0. The van der Waals surface area contributed by atoms with Gasteiger partial charge >= 0.3 is 0 Å². The van der Waals surface area contributed by atoms with Gasteiger partial charge in [0, 0.05) is 18.3 Å². The van der Waals surface area contributed by atoms with Gasteiger partial charge in [0.15, 0.2) is 0 Å². The molecule has 5 heteroatoms. The number of amides is 1. The summed E-state index contributed by atoms with van der Waals surface area (Å²) < 4.78 is 5.82. The molecule has 0 fully saturated rings. The van der Waals surface area contributed by atoms with Crippen LogP contribution in [0.3, 0.4) is 0 Å². The molecule has 5 nitrogen and oxygen atoms in total. The SMILES string of the molecule is C#Cc1ccc(Oc2cccc(CNC(=O)c3cccnc3N)c2)cc1. The fourth-order valence-electron chi connectivity index (χ4n) is 2.36. The highest BCUT2D eigenvalue weighted by Crippen LogP contribution is 2.22. The van der Waals surface area contributed by atoms with Crippen LogP contribution >= 0.6 is 0 Å².